The van der Waals surface area contributed by atoms with Gasteiger partial charge in [-0.2, -0.15) is 5.26 Å². The molecule has 0 unspecified atom stereocenters. The van der Waals surface area contributed by atoms with E-state index < -0.39 is 28.3 Å². The molecule has 9 heteroatoms. The summed E-state index contributed by atoms with van der Waals surface area (Å²) in [4.78, 5) is 18.1. The first-order valence-electron chi connectivity index (χ1n) is 5.32. The molecular formula is C12H5Cl2F2N3OS. The van der Waals surface area contributed by atoms with E-state index >= 15 is 0 Å². The van der Waals surface area contributed by atoms with Crippen molar-refractivity contribution in [3.05, 3.63) is 43.7 Å². The quantitative estimate of drug-likeness (QED) is 0.511. The number of nitriles is 1. The molecule has 0 bridgehead atoms. The highest BCUT2D eigenvalue weighted by atomic mass is 35.5. The van der Waals surface area contributed by atoms with Crippen LogP contribution in [0.5, 0.6) is 0 Å². The molecule has 0 saturated carbocycles. The maximum atomic E-state index is 14.0. The van der Waals surface area contributed by atoms with Gasteiger partial charge in [0.25, 0.3) is 5.56 Å². The Balaban J connectivity index is 2.95. The Hall–Kier alpha value is -1.62. The summed E-state index contributed by atoms with van der Waals surface area (Å²) in [6.07, 6.45) is 1.62. The Morgan fingerprint density at radius 1 is 1.43 bits per heavy atom. The molecule has 0 aliphatic carbocycles. The lowest BCUT2D eigenvalue weighted by Gasteiger charge is -2.10. The van der Waals surface area contributed by atoms with Crippen molar-refractivity contribution in [2.24, 2.45) is 0 Å². The van der Waals surface area contributed by atoms with Crippen LogP contribution in [0.15, 0.2) is 16.0 Å². The third-order valence-corrected chi connectivity index (χ3v) is 3.92. The number of hydrogen-bond donors (Lipinski definition) is 1. The van der Waals surface area contributed by atoms with Gasteiger partial charge in [-0.05, 0) is 12.3 Å². The average molecular weight is 348 g/mol. The molecule has 0 amide bonds. The Kier molecular flexibility index (Phi) is 4.52. The van der Waals surface area contributed by atoms with Gasteiger partial charge in [-0.3, -0.25) is 4.79 Å². The van der Waals surface area contributed by atoms with E-state index in [0.717, 1.165) is 11.8 Å². The summed E-state index contributed by atoms with van der Waals surface area (Å²) in [7, 11) is 0. The van der Waals surface area contributed by atoms with Crippen molar-refractivity contribution in [2.45, 2.75) is 5.16 Å². The molecule has 0 radical (unpaired) electrons. The second kappa shape index (κ2) is 6.02. The summed E-state index contributed by atoms with van der Waals surface area (Å²) < 4.78 is 27.5. The topological polar surface area (TPSA) is 69.5 Å². The van der Waals surface area contributed by atoms with Gasteiger partial charge >= 0.3 is 0 Å². The second-order valence-corrected chi connectivity index (χ2v) is 5.33. The number of halogens is 4. The predicted octanol–water partition coefficient (Wildman–Crippen LogP) is 3.62. The molecule has 0 spiro atoms. The maximum absolute atomic E-state index is 14.0. The van der Waals surface area contributed by atoms with E-state index in [1.54, 1.807) is 12.3 Å². The van der Waals surface area contributed by atoms with Gasteiger partial charge in [0.05, 0.1) is 15.6 Å². The summed E-state index contributed by atoms with van der Waals surface area (Å²) >= 11 is 12.6. The molecule has 0 aliphatic rings. The van der Waals surface area contributed by atoms with Crippen LogP contribution < -0.4 is 5.56 Å². The van der Waals surface area contributed by atoms with Crippen molar-refractivity contribution in [3.63, 3.8) is 0 Å². The molecule has 0 atom stereocenters. The Labute approximate surface area is 131 Å². The summed E-state index contributed by atoms with van der Waals surface area (Å²) in [5.74, 6) is -2.58. The fraction of sp³-hybridized carbons (Fsp3) is 0.0833. The average Bonchev–Trinajstić information content (AvgIpc) is 2.45. The van der Waals surface area contributed by atoms with E-state index in [4.69, 9.17) is 28.5 Å². The first kappa shape index (κ1) is 15.8. The van der Waals surface area contributed by atoms with Crippen LogP contribution in [0.3, 0.4) is 0 Å². The number of nitrogens with one attached hydrogen (secondary N) is 1. The third-order valence-electron chi connectivity index (χ3n) is 2.55. The predicted molar refractivity (Wildman–Crippen MR) is 76.7 cm³/mol. The minimum atomic E-state index is -1.33. The third kappa shape index (κ3) is 2.75. The largest absolute Gasteiger partial charge is 0.300 e. The SMILES string of the molecule is CSc1nc(-c2c(F)c(F)cc(Cl)c2Cl)c(C#N)c(=O)[nH]1. The Bertz CT molecular complexity index is 806. The van der Waals surface area contributed by atoms with E-state index in [1.807, 2.05) is 0 Å². The van der Waals surface area contributed by atoms with Crippen LogP contribution in [0.25, 0.3) is 11.3 Å². The summed E-state index contributed by atoms with van der Waals surface area (Å²) in [6, 6.07) is 2.31. The molecule has 2 aromatic rings. The van der Waals surface area contributed by atoms with Gasteiger partial charge in [0, 0.05) is 0 Å². The number of aromatic nitrogens is 2. The van der Waals surface area contributed by atoms with E-state index in [9.17, 15) is 13.6 Å². The lowest BCUT2D eigenvalue weighted by molar-refractivity contribution is 0.511. The zero-order valence-corrected chi connectivity index (χ0v) is 12.6. The van der Waals surface area contributed by atoms with Crippen LogP contribution in [-0.2, 0) is 0 Å². The van der Waals surface area contributed by atoms with E-state index in [-0.39, 0.29) is 20.9 Å². The van der Waals surface area contributed by atoms with Crippen molar-refractivity contribution < 1.29 is 8.78 Å². The number of thioether (sulfide) groups is 1. The van der Waals surface area contributed by atoms with Gasteiger partial charge < -0.3 is 4.98 Å². The van der Waals surface area contributed by atoms with Gasteiger partial charge in [-0.15, -0.1) is 0 Å². The lowest BCUT2D eigenvalue weighted by atomic mass is 10.1. The molecule has 1 aromatic carbocycles. The maximum Gasteiger partial charge on any atom is 0.270 e. The molecule has 4 nitrogen and oxygen atoms in total. The smallest absolute Gasteiger partial charge is 0.270 e. The number of H-pyrrole nitrogens is 1. The summed E-state index contributed by atoms with van der Waals surface area (Å²) in [5.41, 5.74) is -2.12. The molecular weight excluding hydrogens is 343 g/mol. The van der Waals surface area contributed by atoms with Crippen molar-refractivity contribution in [1.82, 2.24) is 9.97 Å². The van der Waals surface area contributed by atoms with Crippen LogP contribution in [-0.4, -0.2) is 16.2 Å². The second-order valence-electron chi connectivity index (χ2n) is 3.75. The number of rotatable bonds is 2. The van der Waals surface area contributed by atoms with Gasteiger partial charge in [-0.25, -0.2) is 13.8 Å². The highest BCUT2D eigenvalue weighted by molar-refractivity contribution is 7.98. The number of nitrogens with zero attached hydrogens (tertiary/aromatic N) is 2. The number of aromatic amines is 1. The normalized spacial score (nSPS) is 10.5. The zero-order chi connectivity index (χ0) is 15.7. The van der Waals surface area contributed by atoms with Crippen LogP contribution in [0.2, 0.25) is 10.0 Å². The minimum Gasteiger partial charge on any atom is -0.300 e. The first-order valence-corrected chi connectivity index (χ1v) is 7.30. The fourth-order valence-electron chi connectivity index (χ4n) is 1.61. The molecule has 0 aliphatic heterocycles. The van der Waals surface area contributed by atoms with Crippen LogP contribution in [0.4, 0.5) is 8.78 Å². The molecule has 0 saturated heterocycles. The van der Waals surface area contributed by atoms with Gasteiger partial charge in [0.2, 0.25) is 0 Å². The van der Waals surface area contributed by atoms with Gasteiger partial charge in [0.15, 0.2) is 16.8 Å². The molecule has 21 heavy (non-hydrogen) atoms. The summed E-state index contributed by atoms with van der Waals surface area (Å²) in [6.45, 7) is 0. The first-order chi connectivity index (χ1) is 9.90. The van der Waals surface area contributed by atoms with Crippen LogP contribution >= 0.6 is 35.0 Å². The highest BCUT2D eigenvalue weighted by Gasteiger charge is 2.23. The van der Waals surface area contributed by atoms with Crippen molar-refractivity contribution in [3.8, 4) is 17.3 Å². The number of benzene rings is 1. The Morgan fingerprint density at radius 3 is 2.67 bits per heavy atom. The monoisotopic (exact) mass is 347 g/mol. The van der Waals surface area contributed by atoms with Gasteiger partial charge in [-0.1, -0.05) is 35.0 Å². The molecule has 2 rings (SSSR count). The number of hydrogen-bond acceptors (Lipinski definition) is 4. The van der Waals surface area contributed by atoms with Crippen LogP contribution in [0.1, 0.15) is 5.56 Å². The highest BCUT2D eigenvalue weighted by Crippen LogP contribution is 2.37. The van der Waals surface area contributed by atoms with E-state index in [0.29, 0.717) is 6.07 Å². The van der Waals surface area contributed by atoms with Gasteiger partial charge in [0.1, 0.15) is 17.3 Å². The molecule has 1 heterocycles. The minimum absolute atomic E-state index is 0.129. The molecule has 108 valence electrons. The van der Waals surface area contributed by atoms with E-state index in [2.05, 4.69) is 9.97 Å². The van der Waals surface area contributed by atoms with E-state index in [1.165, 1.54) is 0 Å². The van der Waals surface area contributed by atoms with Crippen molar-refractivity contribution in [1.29, 1.82) is 5.26 Å². The Morgan fingerprint density at radius 2 is 2.10 bits per heavy atom. The van der Waals surface area contributed by atoms with Crippen molar-refractivity contribution in [2.75, 3.05) is 6.26 Å². The molecule has 0 fully saturated rings. The summed E-state index contributed by atoms with van der Waals surface area (Å²) in [5, 5.41) is 8.60. The van der Waals surface area contributed by atoms with Crippen molar-refractivity contribution >= 4 is 35.0 Å². The fourth-order valence-corrected chi connectivity index (χ4v) is 2.41. The molecule has 1 aromatic heterocycles. The standard InChI is InChI=1S/C12H5Cl2F2N3OS/c1-21-12-18-10(4(3-17)11(20)19-12)7-8(14)5(13)2-6(15)9(7)16/h2H,1H3,(H,18,19,20). The molecule has 1 N–H and O–H groups in total. The lowest BCUT2D eigenvalue weighted by Crippen LogP contribution is -2.15. The van der Waals surface area contributed by atoms with Crippen LogP contribution in [0, 0.1) is 23.0 Å². The zero-order valence-electron chi connectivity index (χ0n) is 10.3.